The Hall–Kier alpha value is -0.803. The summed E-state index contributed by atoms with van der Waals surface area (Å²) in [5, 5.41) is 3.57. The number of benzene rings is 1. The molecule has 1 aromatic rings. The van der Waals surface area contributed by atoms with E-state index in [-0.39, 0.29) is 0 Å². The van der Waals surface area contributed by atoms with Gasteiger partial charge in [-0.05, 0) is 56.7 Å². The lowest BCUT2D eigenvalue weighted by Crippen LogP contribution is -2.29. The SMILES string of the molecule is C[Si](C)(C)Oc1ccc([C@@H]2CCCCN2)cc1. The van der Waals surface area contributed by atoms with Gasteiger partial charge in [0.2, 0.25) is 8.32 Å². The molecule has 17 heavy (non-hydrogen) atoms. The van der Waals surface area contributed by atoms with Crippen LogP contribution in [0.5, 0.6) is 5.75 Å². The highest BCUT2D eigenvalue weighted by Gasteiger charge is 2.17. The van der Waals surface area contributed by atoms with Crippen molar-refractivity contribution in [1.29, 1.82) is 0 Å². The lowest BCUT2D eigenvalue weighted by molar-refractivity contribution is 0.412. The van der Waals surface area contributed by atoms with Crippen molar-refractivity contribution in [3.63, 3.8) is 0 Å². The summed E-state index contributed by atoms with van der Waals surface area (Å²) in [6.45, 7) is 7.79. The maximum atomic E-state index is 5.96. The highest BCUT2D eigenvalue weighted by atomic mass is 28.4. The minimum absolute atomic E-state index is 0.546. The fourth-order valence-corrected chi connectivity index (χ4v) is 3.10. The van der Waals surface area contributed by atoms with Crippen molar-refractivity contribution in [2.45, 2.75) is 44.9 Å². The van der Waals surface area contributed by atoms with Crippen LogP contribution in [0.4, 0.5) is 0 Å². The Morgan fingerprint density at radius 2 is 1.82 bits per heavy atom. The van der Waals surface area contributed by atoms with E-state index in [0.29, 0.717) is 6.04 Å². The van der Waals surface area contributed by atoms with E-state index in [9.17, 15) is 0 Å². The highest BCUT2D eigenvalue weighted by Crippen LogP contribution is 2.25. The number of rotatable bonds is 3. The third-order valence-electron chi connectivity index (χ3n) is 3.02. The summed E-state index contributed by atoms with van der Waals surface area (Å²) in [6.07, 6.45) is 3.91. The van der Waals surface area contributed by atoms with Gasteiger partial charge in [-0.2, -0.15) is 0 Å². The topological polar surface area (TPSA) is 21.3 Å². The lowest BCUT2D eigenvalue weighted by atomic mass is 9.98. The maximum absolute atomic E-state index is 5.96. The van der Waals surface area contributed by atoms with Gasteiger partial charge >= 0.3 is 0 Å². The summed E-state index contributed by atoms with van der Waals surface area (Å²) in [5.74, 6) is 1.02. The van der Waals surface area contributed by atoms with E-state index < -0.39 is 8.32 Å². The first-order valence-electron chi connectivity index (χ1n) is 6.57. The van der Waals surface area contributed by atoms with Crippen LogP contribution in [0, 0.1) is 0 Å². The molecule has 0 aliphatic carbocycles. The Morgan fingerprint density at radius 1 is 1.12 bits per heavy atom. The Kier molecular flexibility index (Phi) is 3.89. The summed E-state index contributed by atoms with van der Waals surface area (Å²) in [6, 6.07) is 9.19. The van der Waals surface area contributed by atoms with Gasteiger partial charge in [0, 0.05) is 6.04 Å². The Labute approximate surface area is 106 Å². The number of hydrogen-bond acceptors (Lipinski definition) is 2. The average molecular weight is 249 g/mol. The average Bonchev–Trinajstić information content (AvgIpc) is 2.29. The normalized spacial score (nSPS) is 21.2. The molecule has 1 fully saturated rings. The number of hydrogen-bond donors (Lipinski definition) is 1. The molecule has 3 heteroatoms. The summed E-state index contributed by atoms with van der Waals surface area (Å²) in [7, 11) is -1.47. The third-order valence-corrected chi connectivity index (χ3v) is 3.86. The molecule has 1 saturated heterocycles. The molecule has 94 valence electrons. The molecule has 1 atom stereocenters. The monoisotopic (exact) mass is 249 g/mol. The van der Waals surface area contributed by atoms with E-state index in [4.69, 9.17) is 4.43 Å². The molecule has 1 N–H and O–H groups in total. The second-order valence-corrected chi connectivity index (χ2v) is 10.2. The molecule has 0 spiro atoms. The van der Waals surface area contributed by atoms with Crippen LogP contribution in [0.3, 0.4) is 0 Å². The van der Waals surface area contributed by atoms with Gasteiger partial charge in [-0.15, -0.1) is 0 Å². The van der Waals surface area contributed by atoms with Crippen LogP contribution in [0.1, 0.15) is 30.9 Å². The molecule has 2 nitrogen and oxygen atoms in total. The van der Waals surface area contributed by atoms with Crippen LogP contribution < -0.4 is 9.74 Å². The van der Waals surface area contributed by atoms with Crippen molar-refractivity contribution < 1.29 is 4.43 Å². The molecule has 0 radical (unpaired) electrons. The van der Waals surface area contributed by atoms with Crippen LogP contribution in [-0.4, -0.2) is 14.9 Å². The van der Waals surface area contributed by atoms with Crippen molar-refractivity contribution in [1.82, 2.24) is 5.32 Å². The molecule has 1 aliphatic rings. The zero-order valence-electron chi connectivity index (χ0n) is 11.1. The lowest BCUT2D eigenvalue weighted by Gasteiger charge is -2.24. The minimum Gasteiger partial charge on any atom is -0.544 e. The molecule has 0 aromatic heterocycles. The van der Waals surface area contributed by atoms with E-state index >= 15 is 0 Å². The van der Waals surface area contributed by atoms with Gasteiger partial charge < -0.3 is 9.74 Å². The Bertz CT molecular complexity index is 349. The van der Waals surface area contributed by atoms with Crippen molar-refractivity contribution in [2.75, 3.05) is 6.54 Å². The summed E-state index contributed by atoms with van der Waals surface area (Å²) in [5.41, 5.74) is 1.40. The van der Waals surface area contributed by atoms with Crippen molar-refractivity contribution >= 4 is 8.32 Å². The van der Waals surface area contributed by atoms with E-state index in [1.807, 2.05) is 0 Å². The molecule has 1 aliphatic heterocycles. The van der Waals surface area contributed by atoms with Crippen molar-refractivity contribution in [3.8, 4) is 5.75 Å². The fourth-order valence-electron chi connectivity index (χ4n) is 2.26. The van der Waals surface area contributed by atoms with E-state index in [2.05, 4.69) is 49.2 Å². The number of nitrogens with one attached hydrogen (secondary N) is 1. The summed E-state index contributed by atoms with van der Waals surface area (Å²) < 4.78 is 5.96. The predicted octanol–water partition coefficient (Wildman–Crippen LogP) is 3.71. The molecule has 2 rings (SSSR count). The molecular formula is C14H23NOSi. The van der Waals surface area contributed by atoms with Crippen LogP contribution in [-0.2, 0) is 0 Å². The third kappa shape index (κ3) is 3.86. The van der Waals surface area contributed by atoms with E-state index in [1.165, 1.54) is 24.8 Å². The van der Waals surface area contributed by atoms with E-state index in [1.54, 1.807) is 0 Å². The molecule has 0 bridgehead atoms. The van der Waals surface area contributed by atoms with Crippen LogP contribution in [0.2, 0.25) is 19.6 Å². The largest absolute Gasteiger partial charge is 0.544 e. The van der Waals surface area contributed by atoms with Gasteiger partial charge in [-0.1, -0.05) is 18.6 Å². The minimum atomic E-state index is -1.47. The first-order valence-corrected chi connectivity index (χ1v) is 9.98. The van der Waals surface area contributed by atoms with Gasteiger partial charge in [0.15, 0.2) is 0 Å². The summed E-state index contributed by atoms with van der Waals surface area (Å²) >= 11 is 0. The molecule has 0 unspecified atom stereocenters. The first kappa shape index (κ1) is 12.6. The molecular weight excluding hydrogens is 226 g/mol. The summed E-state index contributed by atoms with van der Waals surface area (Å²) in [4.78, 5) is 0. The fraction of sp³-hybridized carbons (Fsp3) is 0.571. The van der Waals surface area contributed by atoms with Gasteiger partial charge in [0.25, 0.3) is 0 Å². The molecule has 1 heterocycles. The Morgan fingerprint density at radius 3 is 2.35 bits per heavy atom. The smallest absolute Gasteiger partial charge is 0.242 e. The highest BCUT2D eigenvalue weighted by molar-refractivity contribution is 6.70. The maximum Gasteiger partial charge on any atom is 0.242 e. The predicted molar refractivity (Wildman–Crippen MR) is 75.0 cm³/mol. The van der Waals surface area contributed by atoms with Crippen LogP contribution >= 0.6 is 0 Å². The zero-order valence-corrected chi connectivity index (χ0v) is 12.1. The molecule has 0 saturated carbocycles. The standard InChI is InChI=1S/C14H23NOSi/c1-17(2,3)16-13-9-7-12(8-10-13)14-6-4-5-11-15-14/h7-10,14-15H,4-6,11H2,1-3H3/t14-/m0/s1. The molecule has 1 aromatic carbocycles. The number of piperidine rings is 1. The van der Waals surface area contributed by atoms with Gasteiger partial charge in [-0.25, -0.2) is 0 Å². The van der Waals surface area contributed by atoms with Crippen molar-refractivity contribution in [3.05, 3.63) is 29.8 Å². The second kappa shape index (κ2) is 5.23. The van der Waals surface area contributed by atoms with Crippen molar-refractivity contribution in [2.24, 2.45) is 0 Å². The quantitative estimate of drug-likeness (QED) is 0.825. The zero-order chi connectivity index (χ0) is 12.3. The first-order chi connectivity index (χ1) is 8.04. The van der Waals surface area contributed by atoms with Crippen LogP contribution in [0.15, 0.2) is 24.3 Å². The van der Waals surface area contributed by atoms with Gasteiger partial charge in [-0.3, -0.25) is 0 Å². The van der Waals surface area contributed by atoms with Crippen LogP contribution in [0.25, 0.3) is 0 Å². The van der Waals surface area contributed by atoms with Gasteiger partial charge in [0.05, 0.1) is 0 Å². The van der Waals surface area contributed by atoms with Gasteiger partial charge in [0.1, 0.15) is 5.75 Å². The van der Waals surface area contributed by atoms with E-state index in [0.717, 1.165) is 12.3 Å². The Balaban J connectivity index is 2.02. The second-order valence-electron chi connectivity index (χ2n) is 5.79. The molecule has 0 amide bonds.